The fraction of sp³-hybridized carbons (Fsp3) is 0.500. The Bertz CT molecular complexity index is 313. The lowest BCUT2D eigenvalue weighted by Crippen LogP contribution is -2.29. The van der Waals surface area contributed by atoms with E-state index in [9.17, 15) is 4.39 Å². The maximum atomic E-state index is 13.0. The number of halogens is 2. The fourth-order valence-corrected chi connectivity index (χ4v) is 1.67. The maximum Gasteiger partial charge on any atom is 0.128 e. The third-order valence-electron chi connectivity index (χ3n) is 2.31. The van der Waals surface area contributed by atoms with Gasteiger partial charge in [0.25, 0.3) is 0 Å². The zero-order valence-electron chi connectivity index (χ0n) is 9.59. The van der Waals surface area contributed by atoms with Crippen LogP contribution in [-0.4, -0.2) is 19.2 Å². The molecule has 0 saturated heterocycles. The van der Waals surface area contributed by atoms with Crippen LogP contribution in [0.2, 0.25) is 0 Å². The molecule has 0 aliphatic heterocycles. The molecule has 0 saturated carbocycles. The lowest BCUT2D eigenvalue weighted by molar-refractivity contribution is 0.304. The largest absolute Gasteiger partial charge is 0.492 e. The minimum atomic E-state index is -0.292. The Labute approximate surface area is 104 Å². The third kappa shape index (κ3) is 4.94. The summed E-state index contributed by atoms with van der Waals surface area (Å²) in [6.07, 6.45) is 1.09. The second-order valence-corrected chi connectivity index (χ2v) is 4.63. The molecule has 1 aromatic carbocycles. The van der Waals surface area contributed by atoms with E-state index in [1.807, 2.05) is 0 Å². The second kappa shape index (κ2) is 6.86. The number of hydrogen-bond donors (Lipinski definition) is 1. The van der Waals surface area contributed by atoms with E-state index in [-0.39, 0.29) is 5.82 Å². The highest BCUT2D eigenvalue weighted by atomic mass is 79.9. The minimum Gasteiger partial charge on any atom is -0.492 e. The summed E-state index contributed by atoms with van der Waals surface area (Å²) in [5.74, 6) is 0.261. The number of benzene rings is 1. The number of ether oxygens (including phenoxy) is 1. The molecule has 1 rings (SSSR count). The smallest absolute Gasteiger partial charge is 0.128 e. The molecule has 0 aromatic heterocycles. The fourth-order valence-electron chi connectivity index (χ4n) is 1.23. The summed E-state index contributed by atoms with van der Waals surface area (Å²) in [6.45, 7) is 5.56. The van der Waals surface area contributed by atoms with Gasteiger partial charge in [-0.25, -0.2) is 4.39 Å². The van der Waals surface area contributed by atoms with Crippen LogP contribution in [0.4, 0.5) is 4.39 Å². The average molecular weight is 290 g/mol. The van der Waals surface area contributed by atoms with Crippen LogP contribution in [0.15, 0.2) is 22.7 Å². The van der Waals surface area contributed by atoms with Gasteiger partial charge in [-0.3, -0.25) is 0 Å². The van der Waals surface area contributed by atoms with Gasteiger partial charge in [-0.2, -0.15) is 0 Å². The Hall–Kier alpha value is -0.610. The van der Waals surface area contributed by atoms with Gasteiger partial charge in [0.15, 0.2) is 0 Å². The summed E-state index contributed by atoms with van der Waals surface area (Å²) in [7, 11) is 0. The molecule has 1 unspecified atom stereocenters. The summed E-state index contributed by atoms with van der Waals surface area (Å²) in [5.41, 5.74) is 0. The molecule has 90 valence electrons. The Morgan fingerprint density at radius 3 is 2.81 bits per heavy atom. The SMILES string of the molecule is CCC(C)NCCOc1cc(F)cc(Br)c1. The highest BCUT2D eigenvalue weighted by molar-refractivity contribution is 9.10. The Morgan fingerprint density at radius 1 is 1.44 bits per heavy atom. The molecule has 4 heteroatoms. The maximum absolute atomic E-state index is 13.0. The molecule has 0 heterocycles. The van der Waals surface area contributed by atoms with Crippen molar-refractivity contribution in [3.05, 3.63) is 28.5 Å². The van der Waals surface area contributed by atoms with Crippen LogP contribution >= 0.6 is 15.9 Å². The quantitative estimate of drug-likeness (QED) is 0.811. The van der Waals surface area contributed by atoms with Gasteiger partial charge < -0.3 is 10.1 Å². The van der Waals surface area contributed by atoms with Gasteiger partial charge in [-0.1, -0.05) is 22.9 Å². The van der Waals surface area contributed by atoms with Crippen LogP contribution in [-0.2, 0) is 0 Å². The van der Waals surface area contributed by atoms with Gasteiger partial charge >= 0.3 is 0 Å². The molecule has 0 radical (unpaired) electrons. The summed E-state index contributed by atoms with van der Waals surface area (Å²) in [5, 5.41) is 3.30. The van der Waals surface area contributed by atoms with Gasteiger partial charge in [0, 0.05) is 23.1 Å². The van der Waals surface area contributed by atoms with E-state index in [1.165, 1.54) is 12.1 Å². The van der Waals surface area contributed by atoms with Crippen LogP contribution < -0.4 is 10.1 Å². The second-order valence-electron chi connectivity index (χ2n) is 3.72. The first kappa shape index (κ1) is 13.5. The van der Waals surface area contributed by atoms with E-state index in [2.05, 4.69) is 35.1 Å². The first-order valence-electron chi connectivity index (χ1n) is 5.44. The van der Waals surface area contributed by atoms with Gasteiger partial charge in [-0.15, -0.1) is 0 Å². The van der Waals surface area contributed by atoms with Crippen molar-refractivity contribution in [3.63, 3.8) is 0 Å². The van der Waals surface area contributed by atoms with Gasteiger partial charge in [-0.05, 0) is 25.5 Å². The van der Waals surface area contributed by atoms with Gasteiger partial charge in [0.1, 0.15) is 18.2 Å². The standard InChI is InChI=1S/C12H17BrFNO/c1-3-9(2)15-4-5-16-12-7-10(13)6-11(14)8-12/h6-9,15H,3-5H2,1-2H3. The van der Waals surface area contributed by atoms with Crippen molar-refractivity contribution in [3.8, 4) is 5.75 Å². The number of nitrogens with one attached hydrogen (secondary N) is 1. The van der Waals surface area contributed by atoms with E-state index >= 15 is 0 Å². The molecule has 0 aliphatic carbocycles. The molecule has 0 bridgehead atoms. The predicted octanol–water partition coefficient (Wildman–Crippen LogP) is 3.36. The van der Waals surface area contributed by atoms with Crippen LogP contribution in [0.1, 0.15) is 20.3 Å². The van der Waals surface area contributed by atoms with Crippen molar-refractivity contribution in [1.29, 1.82) is 0 Å². The molecule has 1 N–H and O–H groups in total. The minimum absolute atomic E-state index is 0.292. The van der Waals surface area contributed by atoms with E-state index in [0.717, 1.165) is 13.0 Å². The van der Waals surface area contributed by atoms with Crippen molar-refractivity contribution in [2.75, 3.05) is 13.2 Å². The van der Waals surface area contributed by atoms with Crippen molar-refractivity contribution in [2.24, 2.45) is 0 Å². The lowest BCUT2D eigenvalue weighted by Gasteiger charge is -2.12. The highest BCUT2D eigenvalue weighted by Gasteiger charge is 2.00. The zero-order chi connectivity index (χ0) is 12.0. The zero-order valence-corrected chi connectivity index (χ0v) is 11.2. The predicted molar refractivity (Wildman–Crippen MR) is 67.4 cm³/mol. The van der Waals surface area contributed by atoms with Gasteiger partial charge in [0.2, 0.25) is 0 Å². The topological polar surface area (TPSA) is 21.3 Å². The first-order chi connectivity index (χ1) is 7.61. The molecule has 1 aromatic rings. The molecular formula is C12H17BrFNO. The van der Waals surface area contributed by atoms with Crippen molar-refractivity contribution >= 4 is 15.9 Å². The molecule has 16 heavy (non-hydrogen) atoms. The van der Waals surface area contributed by atoms with E-state index in [4.69, 9.17) is 4.74 Å². The monoisotopic (exact) mass is 289 g/mol. The molecule has 0 amide bonds. The molecule has 0 fully saturated rings. The number of rotatable bonds is 6. The molecule has 2 nitrogen and oxygen atoms in total. The van der Waals surface area contributed by atoms with Crippen molar-refractivity contribution < 1.29 is 9.13 Å². The van der Waals surface area contributed by atoms with Crippen LogP contribution in [0, 0.1) is 5.82 Å². The normalized spacial score (nSPS) is 12.5. The highest BCUT2D eigenvalue weighted by Crippen LogP contribution is 2.20. The summed E-state index contributed by atoms with van der Waals surface area (Å²) >= 11 is 3.22. The third-order valence-corrected chi connectivity index (χ3v) is 2.77. The molecule has 0 aliphatic rings. The van der Waals surface area contributed by atoms with Crippen LogP contribution in [0.25, 0.3) is 0 Å². The molecule has 0 spiro atoms. The lowest BCUT2D eigenvalue weighted by atomic mass is 10.3. The molecule has 1 atom stereocenters. The summed E-state index contributed by atoms with van der Waals surface area (Å²) in [4.78, 5) is 0. The first-order valence-corrected chi connectivity index (χ1v) is 6.23. The Balaban J connectivity index is 2.32. The Morgan fingerprint density at radius 2 is 2.19 bits per heavy atom. The summed E-state index contributed by atoms with van der Waals surface area (Å²) in [6, 6.07) is 5.03. The molecular weight excluding hydrogens is 273 g/mol. The Kier molecular flexibility index (Phi) is 5.77. The van der Waals surface area contributed by atoms with Crippen LogP contribution in [0.5, 0.6) is 5.75 Å². The van der Waals surface area contributed by atoms with Crippen molar-refractivity contribution in [1.82, 2.24) is 5.32 Å². The van der Waals surface area contributed by atoms with Crippen molar-refractivity contribution in [2.45, 2.75) is 26.3 Å². The summed E-state index contributed by atoms with van der Waals surface area (Å²) < 4.78 is 19.1. The van der Waals surface area contributed by atoms with Gasteiger partial charge in [0.05, 0.1) is 0 Å². The number of hydrogen-bond acceptors (Lipinski definition) is 2. The van der Waals surface area contributed by atoms with E-state index < -0.39 is 0 Å². The average Bonchev–Trinajstić information content (AvgIpc) is 2.22. The van der Waals surface area contributed by atoms with Crippen LogP contribution in [0.3, 0.4) is 0 Å². The van der Waals surface area contributed by atoms with E-state index in [0.29, 0.717) is 22.9 Å². The van der Waals surface area contributed by atoms with E-state index in [1.54, 1.807) is 6.07 Å².